The van der Waals surface area contributed by atoms with E-state index < -0.39 is 0 Å². The van der Waals surface area contributed by atoms with E-state index in [4.69, 9.17) is 4.42 Å². The first-order chi connectivity index (χ1) is 15.0. The van der Waals surface area contributed by atoms with Crippen LogP contribution in [0.1, 0.15) is 50.7 Å². The molecule has 0 aliphatic heterocycles. The number of nitrogens with zero attached hydrogens (tertiary/aromatic N) is 2. The minimum absolute atomic E-state index is 0.265. The number of furan rings is 1. The van der Waals surface area contributed by atoms with Gasteiger partial charge in [-0.3, -0.25) is 4.57 Å². The van der Waals surface area contributed by atoms with Gasteiger partial charge >= 0.3 is 0 Å². The minimum Gasteiger partial charge on any atom is -0.456 e. The van der Waals surface area contributed by atoms with E-state index in [0.29, 0.717) is 17.3 Å². The lowest BCUT2D eigenvalue weighted by atomic mass is 9.90. The first-order valence-electron chi connectivity index (χ1n) is 10.7. The molecule has 0 amide bonds. The molecule has 0 N–H and O–H groups in total. The van der Waals surface area contributed by atoms with Crippen molar-refractivity contribution in [1.29, 1.82) is 0 Å². The molecule has 4 heteroatoms. The number of aromatic nitrogens is 2. The number of rotatable bonds is 4. The van der Waals surface area contributed by atoms with Crippen LogP contribution in [0.25, 0.3) is 39.0 Å². The molecule has 0 radical (unpaired) electrons. The van der Waals surface area contributed by atoms with Gasteiger partial charge in [0.05, 0.1) is 16.6 Å². The summed E-state index contributed by atoms with van der Waals surface area (Å²) < 4.78 is 23.1. The van der Waals surface area contributed by atoms with E-state index in [1.807, 2.05) is 35.0 Å². The van der Waals surface area contributed by atoms with Crippen LogP contribution in [0, 0.1) is 5.82 Å². The monoisotopic (exact) mass is 412 g/mol. The fraction of sp³-hybridized carbons (Fsp3) is 0.222. The normalized spacial score (nSPS) is 12.0. The molecule has 0 unspecified atom stereocenters. The van der Waals surface area contributed by atoms with Gasteiger partial charge < -0.3 is 4.42 Å². The summed E-state index contributed by atoms with van der Waals surface area (Å²) in [6.45, 7) is 8.76. The second-order valence-corrected chi connectivity index (χ2v) is 8.62. The van der Waals surface area contributed by atoms with E-state index in [2.05, 4.69) is 44.8 Å². The molecule has 0 atom stereocenters. The van der Waals surface area contributed by atoms with Crippen molar-refractivity contribution in [1.82, 2.24) is 9.55 Å². The lowest BCUT2D eigenvalue weighted by molar-refractivity contribution is 0.629. The topological polar surface area (TPSA) is 31.0 Å². The highest BCUT2D eigenvalue weighted by molar-refractivity contribution is 6.11. The van der Waals surface area contributed by atoms with Crippen molar-refractivity contribution in [2.75, 3.05) is 0 Å². The van der Waals surface area contributed by atoms with Gasteiger partial charge in [0.2, 0.25) is 0 Å². The molecule has 3 nitrogen and oxygen atoms in total. The van der Waals surface area contributed by atoms with E-state index in [1.54, 1.807) is 18.3 Å². The van der Waals surface area contributed by atoms with Crippen molar-refractivity contribution in [3.8, 4) is 17.1 Å². The Morgan fingerprint density at radius 3 is 2.35 bits per heavy atom. The van der Waals surface area contributed by atoms with E-state index in [9.17, 15) is 4.39 Å². The summed E-state index contributed by atoms with van der Waals surface area (Å²) in [6.07, 6.45) is 3.65. The molecule has 5 rings (SSSR count). The highest BCUT2D eigenvalue weighted by Gasteiger charge is 2.24. The highest BCUT2D eigenvalue weighted by Crippen LogP contribution is 2.43. The van der Waals surface area contributed by atoms with Crippen LogP contribution in [0.3, 0.4) is 0 Å². The predicted octanol–water partition coefficient (Wildman–Crippen LogP) is 7.82. The van der Waals surface area contributed by atoms with Crippen LogP contribution >= 0.6 is 0 Å². The summed E-state index contributed by atoms with van der Waals surface area (Å²) in [5.41, 5.74) is 5.62. The van der Waals surface area contributed by atoms with Crippen molar-refractivity contribution < 1.29 is 8.81 Å². The van der Waals surface area contributed by atoms with Crippen LogP contribution in [0.4, 0.5) is 4.39 Å². The van der Waals surface area contributed by atoms with Crippen LogP contribution < -0.4 is 0 Å². The molecule has 0 aliphatic rings. The minimum atomic E-state index is -0.284. The van der Waals surface area contributed by atoms with E-state index >= 15 is 0 Å². The lowest BCUT2D eigenvalue weighted by Gasteiger charge is -2.20. The first kappa shape index (κ1) is 19.6. The van der Waals surface area contributed by atoms with Gasteiger partial charge in [0.25, 0.3) is 0 Å². The fourth-order valence-corrected chi connectivity index (χ4v) is 4.38. The number of imidazole rings is 1. The van der Waals surface area contributed by atoms with Crippen LogP contribution in [0.15, 0.2) is 71.4 Å². The number of hydrogen-bond donors (Lipinski definition) is 0. The van der Waals surface area contributed by atoms with Gasteiger partial charge in [0.15, 0.2) is 0 Å². The third kappa shape index (κ3) is 3.05. The predicted molar refractivity (Wildman–Crippen MR) is 124 cm³/mol. The van der Waals surface area contributed by atoms with Gasteiger partial charge in [-0.25, -0.2) is 9.37 Å². The summed E-state index contributed by atoms with van der Waals surface area (Å²) in [7, 11) is 0. The zero-order chi connectivity index (χ0) is 21.7. The molecule has 156 valence electrons. The largest absolute Gasteiger partial charge is 0.456 e. The maximum atomic E-state index is 14.7. The molecule has 2 heterocycles. The summed E-state index contributed by atoms with van der Waals surface area (Å²) in [4.78, 5) is 4.55. The molecule has 5 aromatic rings. The average Bonchev–Trinajstić information content (AvgIpc) is 3.37. The second-order valence-electron chi connectivity index (χ2n) is 8.62. The number of para-hydroxylation sites is 1. The molecule has 0 aliphatic carbocycles. The molecule has 0 saturated carbocycles. The molecule has 2 aromatic heterocycles. The molecular formula is C27H25FN2O. The Bertz CT molecular complexity index is 1410. The maximum absolute atomic E-state index is 14.7. The van der Waals surface area contributed by atoms with Gasteiger partial charge in [0, 0.05) is 17.8 Å². The van der Waals surface area contributed by atoms with E-state index in [-0.39, 0.29) is 11.7 Å². The smallest absolute Gasteiger partial charge is 0.147 e. The van der Waals surface area contributed by atoms with Gasteiger partial charge in [0.1, 0.15) is 22.8 Å². The van der Waals surface area contributed by atoms with Crippen LogP contribution in [0.5, 0.6) is 0 Å². The molecule has 0 saturated heterocycles. The van der Waals surface area contributed by atoms with Crippen molar-refractivity contribution in [3.05, 3.63) is 83.9 Å². The van der Waals surface area contributed by atoms with Crippen molar-refractivity contribution in [2.45, 2.75) is 39.5 Å². The third-order valence-electron chi connectivity index (χ3n) is 5.92. The molecule has 0 spiro atoms. The quantitative estimate of drug-likeness (QED) is 0.301. The molecule has 31 heavy (non-hydrogen) atoms. The van der Waals surface area contributed by atoms with Gasteiger partial charge in [-0.1, -0.05) is 58.0 Å². The first-order valence-corrected chi connectivity index (χ1v) is 10.7. The average molecular weight is 413 g/mol. The molecule has 3 aromatic carbocycles. The summed E-state index contributed by atoms with van der Waals surface area (Å²) in [5.74, 6) is 0.877. The molecule has 0 bridgehead atoms. The van der Waals surface area contributed by atoms with Gasteiger partial charge in [-0.15, -0.1) is 0 Å². The van der Waals surface area contributed by atoms with Crippen molar-refractivity contribution in [3.63, 3.8) is 0 Å². The van der Waals surface area contributed by atoms with Crippen LogP contribution in [-0.4, -0.2) is 9.55 Å². The molecule has 0 fully saturated rings. The summed E-state index contributed by atoms with van der Waals surface area (Å²) in [5, 5.41) is 2.12. The number of hydrogen-bond acceptors (Lipinski definition) is 2. The SMILES string of the molecule is CC(C)c1cc(C(C)C)c2oc3ccccc3c2c1-n1ccnc1-c1ccccc1F. The van der Waals surface area contributed by atoms with Gasteiger partial charge in [-0.05, 0) is 47.2 Å². The standard InChI is InChI=1S/C27H25FN2O/c1-16(2)20-15-21(17(3)4)26-24(19-10-6-8-12-23(19)31-26)25(20)30-14-13-29-27(30)18-9-5-7-11-22(18)28/h5-17H,1-4H3. The van der Waals surface area contributed by atoms with Crippen LogP contribution in [0.2, 0.25) is 0 Å². The number of fused-ring (bicyclic) bond motifs is 3. The Hall–Kier alpha value is -3.40. The lowest BCUT2D eigenvalue weighted by Crippen LogP contribution is -2.06. The van der Waals surface area contributed by atoms with Crippen LogP contribution in [-0.2, 0) is 0 Å². The zero-order valence-electron chi connectivity index (χ0n) is 18.2. The maximum Gasteiger partial charge on any atom is 0.147 e. The molecular weight excluding hydrogens is 387 g/mol. The Morgan fingerprint density at radius 2 is 1.61 bits per heavy atom. The van der Waals surface area contributed by atoms with Gasteiger partial charge in [-0.2, -0.15) is 0 Å². The fourth-order valence-electron chi connectivity index (χ4n) is 4.38. The number of benzene rings is 3. The van der Waals surface area contributed by atoms with Crippen molar-refractivity contribution >= 4 is 21.9 Å². The Morgan fingerprint density at radius 1 is 0.903 bits per heavy atom. The zero-order valence-corrected chi connectivity index (χ0v) is 18.2. The Balaban J connectivity index is 1.95. The number of halogens is 1. The van der Waals surface area contributed by atoms with E-state index in [0.717, 1.165) is 27.6 Å². The second kappa shape index (κ2) is 7.38. The Labute approximate surface area is 181 Å². The summed E-state index contributed by atoms with van der Waals surface area (Å²) in [6, 6.07) is 17.2. The third-order valence-corrected chi connectivity index (χ3v) is 5.92. The van der Waals surface area contributed by atoms with E-state index in [1.165, 1.54) is 17.2 Å². The highest BCUT2D eigenvalue weighted by atomic mass is 19.1. The van der Waals surface area contributed by atoms with Crippen molar-refractivity contribution in [2.24, 2.45) is 0 Å². The Kier molecular flexibility index (Phi) is 4.66. The summed E-state index contributed by atoms with van der Waals surface area (Å²) >= 11 is 0.